The number of nitrogens with one attached hydrogen (secondary N) is 1. The Labute approximate surface area is 107 Å². The second-order valence-electron chi connectivity index (χ2n) is 3.86. The molecule has 0 aliphatic heterocycles. The zero-order chi connectivity index (χ0) is 11.8. The normalized spacial score (nSPS) is 10.9. The van der Waals surface area contributed by atoms with Crippen LogP contribution in [-0.2, 0) is 0 Å². The smallest absolute Gasteiger partial charge is 0.0866 e. The second kappa shape index (κ2) is 3.89. The number of nitrogens with two attached hydrogens (primary N) is 1. The third-order valence-corrected chi connectivity index (χ3v) is 3.33. The van der Waals surface area contributed by atoms with Gasteiger partial charge in [-0.1, -0.05) is 12.1 Å². The molecule has 3 aromatic rings. The van der Waals surface area contributed by atoms with E-state index in [9.17, 15) is 0 Å². The highest BCUT2D eigenvalue weighted by Crippen LogP contribution is 2.27. The summed E-state index contributed by atoms with van der Waals surface area (Å²) in [5.41, 5.74) is 9.26. The minimum atomic E-state index is 0.672. The molecular weight excluding hydrogens is 278 g/mol. The summed E-state index contributed by atoms with van der Waals surface area (Å²) in [6.45, 7) is 0. The monoisotopic (exact) mass is 287 g/mol. The summed E-state index contributed by atoms with van der Waals surface area (Å²) in [5.74, 6) is 0. The fraction of sp³-hybridized carbons (Fsp3) is 0. The van der Waals surface area contributed by atoms with Crippen molar-refractivity contribution in [2.45, 2.75) is 0 Å². The van der Waals surface area contributed by atoms with Crippen LogP contribution in [0.4, 0.5) is 5.69 Å². The lowest BCUT2D eigenvalue weighted by Crippen LogP contribution is -1.87. The molecule has 84 valence electrons. The molecule has 2 aromatic heterocycles. The first-order valence-electron chi connectivity index (χ1n) is 5.23. The van der Waals surface area contributed by atoms with Gasteiger partial charge in [0.1, 0.15) is 0 Å². The van der Waals surface area contributed by atoms with Crippen LogP contribution in [0.25, 0.3) is 22.3 Å². The summed E-state index contributed by atoms with van der Waals surface area (Å²) in [7, 11) is 0. The van der Waals surface area contributed by atoms with E-state index in [2.05, 4.69) is 38.0 Å². The molecule has 3 N–H and O–H groups in total. The Balaban J connectivity index is 2.18. The number of anilines is 1. The number of para-hydroxylation sites is 1. The number of fused-ring (bicyclic) bond motifs is 1. The quantitative estimate of drug-likeness (QED) is 0.719. The summed E-state index contributed by atoms with van der Waals surface area (Å²) < 4.78 is 1.05. The Morgan fingerprint density at radius 2 is 2.06 bits per heavy atom. The maximum atomic E-state index is 5.62. The first-order valence-corrected chi connectivity index (χ1v) is 6.02. The number of aromatic nitrogens is 2. The lowest BCUT2D eigenvalue weighted by atomic mass is 10.2. The largest absolute Gasteiger partial charge is 0.397 e. The lowest BCUT2D eigenvalue weighted by molar-refractivity contribution is 1.29. The van der Waals surface area contributed by atoms with Gasteiger partial charge in [0.05, 0.1) is 28.8 Å². The van der Waals surface area contributed by atoms with Crippen molar-refractivity contribution >= 4 is 32.5 Å². The minimum absolute atomic E-state index is 0.672. The predicted octanol–water partition coefficient (Wildman–Crippen LogP) is 3.57. The number of hydrogen-bond donors (Lipinski definition) is 2. The van der Waals surface area contributed by atoms with Crippen LogP contribution in [0.2, 0.25) is 0 Å². The fourth-order valence-electron chi connectivity index (χ4n) is 1.82. The summed E-state index contributed by atoms with van der Waals surface area (Å²) in [6.07, 6.45) is 1.66. The van der Waals surface area contributed by atoms with Crippen molar-refractivity contribution in [1.82, 2.24) is 9.97 Å². The third kappa shape index (κ3) is 1.80. The molecule has 0 aliphatic carbocycles. The molecule has 0 radical (unpaired) electrons. The van der Waals surface area contributed by atoms with Crippen molar-refractivity contribution in [2.75, 3.05) is 5.73 Å². The van der Waals surface area contributed by atoms with E-state index >= 15 is 0 Å². The fourth-order valence-corrected chi connectivity index (χ4v) is 2.30. The van der Waals surface area contributed by atoms with Gasteiger partial charge in [-0.15, -0.1) is 0 Å². The maximum absolute atomic E-state index is 5.62. The molecular formula is C13H10BrN3. The van der Waals surface area contributed by atoms with Crippen molar-refractivity contribution in [1.29, 1.82) is 0 Å². The molecule has 0 bridgehead atoms. The van der Waals surface area contributed by atoms with Gasteiger partial charge in [-0.05, 0) is 40.2 Å². The van der Waals surface area contributed by atoms with Crippen molar-refractivity contribution in [2.24, 2.45) is 0 Å². The van der Waals surface area contributed by atoms with Gasteiger partial charge in [-0.3, -0.25) is 4.98 Å². The van der Waals surface area contributed by atoms with Gasteiger partial charge < -0.3 is 10.7 Å². The van der Waals surface area contributed by atoms with Crippen LogP contribution in [0.15, 0.2) is 47.1 Å². The molecule has 0 amide bonds. The van der Waals surface area contributed by atoms with Gasteiger partial charge in [-0.2, -0.15) is 0 Å². The zero-order valence-corrected chi connectivity index (χ0v) is 10.5. The van der Waals surface area contributed by atoms with Gasteiger partial charge in [-0.25, -0.2) is 0 Å². The number of nitrogens with zero attached hydrogens (tertiary/aromatic N) is 1. The highest BCUT2D eigenvalue weighted by molar-refractivity contribution is 9.10. The zero-order valence-electron chi connectivity index (χ0n) is 8.94. The van der Waals surface area contributed by atoms with E-state index in [0.29, 0.717) is 5.69 Å². The molecule has 0 saturated carbocycles. The molecule has 0 spiro atoms. The highest BCUT2D eigenvalue weighted by atomic mass is 79.9. The van der Waals surface area contributed by atoms with Gasteiger partial charge in [0.25, 0.3) is 0 Å². The number of rotatable bonds is 1. The molecule has 1 aromatic carbocycles. The Morgan fingerprint density at radius 1 is 1.18 bits per heavy atom. The van der Waals surface area contributed by atoms with Gasteiger partial charge >= 0.3 is 0 Å². The number of benzene rings is 1. The average Bonchev–Trinajstić information content (AvgIpc) is 2.75. The number of aromatic amines is 1. The van der Waals surface area contributed by atoms with Crippen molar-refractivity contribution < 1.29 is 0 Å². The van der Waals surface area contributed by atoms with E-state index in [1.165, 1.54) is 0 Å². The van der Waals surface area contributed by atoms with Crippen LogP contribution >= 0.6 is 15.9 Å². The summed E-state index contributed by atoms with van der Waals surface area (Å²) in [5, 5.41) is 1.16. The van der Waals surface area contributed by atoms with E-state index in [0.717, 1.165) is 26.8 Å². The van der Waals surface area contributed by atoms with E-state index < -0.39 is 0 Å². The molecule has 2 heterocycles. The van der Waals surface area contributed by atoms with Crippen LogP contribution in [-0.4, -0.2) is 9.97 Å². The van der Waals surface area contributed by atoms with E-state index in [1.54, 1.807) is 6.20 Å². The molecule has 0 atom stereocenters. The Bertz CT molecular complexity index is 671. The number of nitrogen functional groups attached to an aromatic ring is 1. The molecule has 0 saturated heterocycles. The highest BCUT2D eigenvalue weighted by Gasteiger charge is 2.06. The minimum Gasteiger partial charge on any atom is -0.397 e. The molecule has 17 heavy (non-hydrogen) atoms. The standard InChI is InChI=1S/C13H10BrN3/c14-10-3-1-2-8-6-12(17-13(8)10)11-5-4-9(15)7-16-11/h1-7,17H,15H2. The lowest BCUT2D eigenvalue weighted by Gasteiger charge is -1.97. The van der Waals surface area contributed by atoms with E-state index in [-0.39, 0.29) is 0 Å². The molecule has 0 unspecified atom stereocenters. The number of pyridine rings is 1. The van der Waals surface area contributed by atoms with Gasteiger partial charge in [0, 0.05) is 9.86 Å². The molecule has 3 nitrogen and oxygen atoms in total. The van der Waals surface area contributed by atoms with Crippen LogP contribution < -0.4 is 5.73 Å². The van der Waals surface area contributed by atoms with Crippen molar-refractivity contribution in [3.05, 3.63) is 47.1 Å². The Morgan fingerprint density at radius 3 is 2.76 bits per heavy atom. The van der Waals surface area contributed by atoms with Crippen LogP contribution in [0, 0.1) is 0 Å². The maximum Gasteiger partial charge on any atom is 0.0866 e. The summed E-state index contributed by atoms with van der Waals surface area (Å²) >= 11 is 3.52. The number of hydrogen-bond acceptors (Lipinski definition) is 2. The van der Waals surface area contributed by atoms with Crippen LogP contribution in [0.1, 0.15) is 0 Å². The Hall–Kier alpha value is -1.81. The topological polar surface area (TPSA) is 54.7 Å². The molecule has 3 rings (SSSR count). The van der Waals surface area contributed by atoms with Crippen molar-refractivity contribution in [3.8, 4) is 11.4 Å². The second-order valence-corrected chi connectivity index (χ2v) is 4.72. The first kappa shape index (κ1) is 10.4. The average molecular weight is 288 g/mol. The molecule has 4 heteroatoms. The molecule has 0 aliphatic rings. The SMILES string of the molecule is Nc1ccc(-c2cc3cccc(Br)c3[nH]2)nc1. The van der Waals surface area contributed by atoms with Gasteiger partial charge in [0.15, 0.2) is 0 Å². The summed E-state index contributed by atoms with van der Waals surface area (Å²) in [4.78, 5) is 7.65. The van der Waals surface area contributed by atoms with Gasteiger partial charge in [0.2, 0.25) is 0 Å². The first-order chi connectivity index (χ1) is 8.24. The summed E-state index contributed by atoms with van der Waals surface area (Å²) in [6, 6.07) is 11.9. The van der Waals surface area contributed by atoms with Crippen LogP contribution in [0.3, 0.4) is 0 Å². The number of H-pyrrole nitrogens is 1. The predicted molar refractivity (Wildman–Crippen MR) is 73.6 cm³/mol. The van der Waals surface area contributed by atoms with E-state index in [1.807, 2.05) is 24.3 Å². The van der Waals surface area contributed by atoms with Crippen LogP contribution in [0.5, 0.6) is 0 Å². The van der Waals surface area contributed by atoms with Crippen molar-refractivity contribution in [3.63, 3.8) is 0 Å². The Kier molecular flexibility index (Phi) is 2.37. The van der Waals surface area contributed by atoms with E-state index in [4.69, 9.17) is 5.73 Å². The molecule has 0 fully saturated rings. The number of halogens is 1. The third-order valence-electron chi connectivity index (χ3n) is 2.67.